The Morgan fingerprint density at radius 2 is 2.20 bits per heavy atom. The highest BCUT2D eigenvalue weighted by molar-refractivity contribution is 5.33. The first-order chi connectivity index (χ1) is 9.78. The Kier molecular flexibility index (Phi) is 4.00. The lowest BCUT2D eigenvalue weighted by Gasteiger charge is -2.43. The van der Waals surface area contributed by atoms with E-state index in [1.165, 1.54) is 25.0 Å². The van der Waals surface area contributed by atoms with Crippen molar-refractivity contribution in [2.24, 2.45) is 0 Å². The summed E-state index contributed by atoms with van der Waals surface area (Å²) in [6.45, 7) is 2.14. The first-order valence-corrected chi connectivity index (χ1v) is 7.32. The Hall–Kier alpha value is -1.44. The highest BCUT2D eigenvalue weighted by atomic mass is 19.1. The normalized spacial score (nSPS) is 26.8. The number of morpholine rings is 1. The van der Waals surface area contributed by atoms with E-state index in [0.29, 0.717) is 29.8 Å². The molecule has 4 heteroatoms. The summed E-state index contributed by atoms with van der Waals surface area (Å²) in [5, 5.41) is 8.94. The quantitative estimate of drug-likeness (QED) is 0.832. The van der Waals surface area contributed by atoms with Crippen molar-refractivity contribution in [2.75, 3.05) is 13.2 Å². The number of nitriles is 1. The van der Waals surface area contributed by atoms with Gasteiger partial charge in [-0.15, -0.1) is 0 Å². The predicted octanol–water partition coefficient (Wildman–Crippen LogP) is 2.84. The van der Waals surface area contributed by atoms with Crippen LogP contribution in [0, 0.1) is 17.1 Å². The number of halogens is 1. The topological polar surface area (TPSA) is 36.3 Å². The molecule has 3 nitrogen and oxygen atoms in total. The maximum atomic E-state index is 13.9. The van der Waals surface area contributed by atoms with Gasteiger partial charge in [0.15, 0.2) is 0 Å². The minimum Gasteiger partial charge on any atom is -0.375 e. The van der Waals surface area contributed by atoms with Gasteiger partial charge in [-0.1, -0.05) is 12.8 Å². The summed E-state index contributed by atoms with van der Waals surface area (Å²) in [7, 11) is 0. The van der Waals surface area contributed by atoms with E-state index in [-0.39, 0.29) is 5.82 Å². The summed E-state index contributed by atoms with van der Waals surface area (Å²) < 4.78 is 19.8. The fourth-order valence-corrected chi connectivity index (χ4v) is 3.36. The molecule has 1 aliphatic carbocycles. The van der Waals surface area contributed by atoms with Crippen molar-refractivity contribution in [3.63, 3.8) is 0 Å². The molecule has 2 fully saturated rings. The Balaban J connectivity index is 1.78. The summed E-state index contributed by atoms with van der Waals surface area (Å²) in [4.78, 5) is 2.33. The second kappa shape index (κ2) is 5.90. The van der Waals surface area contributed by atoms with Crippen molar-refractivity contribution in [1.82, 2.24) is 4.90 Å². The van der Waals surface area contributed by atoms with E-state index < -0.39 is 0 Å². The fourth-order valence-electron chi connectivity index (χ4n) is 3.36. The van der Waals surface area contributed by atoms with Gasteiger partial charge in [0.05, 0.1) is 24.3 Å². The number of fused-ring (bicyclic) bond motifs is 1. The zero-order valence-corrected chi connectivity index (χ0v) is 11.5. The molecule has 0 radical (unpaired) electrons. The van der Waals surface area contributed by atoms with Crippen molar-refractivity contribution in [1.29, 1.82) is 5.26 Å². The minimum atomic E-state index is -0.220. The smallest absolute Gasteiger partial charge is 0.127 e. The molecule has 1 aromatic carbocycles. The highest BCUT2D eigenvalue weighted by Crippen LogP contribution is 2.29. The van der Waals surface area contributed by atoms with E-state index in [4.69, 9.17) is 10.00 Å². The molecule has 0 spiro atoms. The monoisotopic (exact) mass is 274 g/mol. The molecule has 0 unspecified atom stereocenters. The zero-order valence-electron chi connectivity index (χ0n) is 11.5. The largest absolute Gasteiger partial charge is 0.375 e. The molecule has 1 saturated carbocycles. The molecule has 2 aliphatic rings. The van der Waals surface area contributed by atoms with Crippen LogP contribution in [-0.4, -0.2) is 30.2 Å². The van der Waals surface area contributed by atoms with E-state index in [1.807, 2.05) is 0 Å². The molecule has 0 amide bonds. The maximum absolute atomic E-state index is 13.9. The van der Waals surface area contributed by atoms with Crippen LogP contribution in [0.5, 0.6) is 0 Å². The fraction of sp³-hybridized carbons (Fsp3) is 0.562. The van der Waals surface area contributed by atoms with E-state index in [2.05, 4.69) is 11.0 Å². The lowest BCUT2D eigenvalue weighted by atomic mass is 9.90. The molecule has 2 atom stereocenters. The number of hydrogen-bond acceptors (Lipinski definition) is 3. The lowest BCUT2D eigenvalue weighted by molar-refractivity contribution is -0.0913. The van der Waals surface area contributed by atoms with Crippen LogP contribution in [0.4, 0.5) is 4.39 Å². The molecule has 3 rings (SSSR count). The molecule has 20 heavy (non-hydrogen) atoms. The first-order valence-electron chi connectivity index (χ1n) is 7.32. The second-order valence-electron chi connectivity index (χ2n) is 5.65. The summed E-state index contributed by atoms with van der Waals surface area (Å²) in [6.07, 6.45) is 5.00. The molecule has 1 aromatic rings. The Morgan fingerprint density at radius 3 is 3.05 bits per heavy atom. The van der Waals surface area contributed by atoms with E-state index in [1.54, 1.807) is 6.07 Å². The van der Waals surface area contributed by atoms with Crippen LogP contribution >= 0.6 is 0 Å². The van der Waals surface area contributed by atoms with Crippen LogP contribution in [0.1, 0.15) is 36.8 Å². The van der Waals surface area contributed by atoms with Crippen LogP contribution in [0.3, 0.4) is 0 Å². The molecule has 0 N–H and O–H groups in total. The van der Waals surface area contributed by atoms with Gasteiger partial charge in [-0.2, -0.15) is 5.26 Å². The van der Waals surface area contributed by atoms with Gasteiger partial charge in [0.2, 0.25) is 0 Å². The Labute approximate surface area is 119 Å². The van der Waals surface area contributed by atoms with Gasteiger partial charge in [-0.25, -0.2) is 4.39 Å². The van der Waals surface area contributed by atoms with Crippen LogP contribution < -0.4 is 0 Å². The van der Waals surface area contributed by atoms with Crippen LogP contribution in [-0.2, 0) is 11.3 Å². The maximum Gasteiger partial charge on any atom is 0.127 e. The van der Waals surface area contributed by atoms with Crippen molar-refractivity contribution >= 4 is 0 Å². The summed E-state index contributed by atoms with van der Waals surface area (Å²) in [5.74, 6) is -0.220. The van der Waals surface area contributed by atoms with Gasteiger partial charge < -0.3 is 4.74 Å². The molecule has 1 saturated heterocycles. The van der Waals surface area contributed by atoms with E-state index >= 15 is 0 Å². The van der Waals surface area contributed by atoms with Crippen molar-refractivity contribution in [2.45, 2.75) is 44.4 Å². The number of benzene rings is 1. The van der Waals surface area contributed by atoms with Gasteiger partial charge in [0, 0.05) is 24.7 Å². The summed E-state index contributed by atoms with van der Waals surface area (Å²) >= 11 is 0. The Bertz CT molecular complexity index is 524. The second-order valence-corrected chi connectivity index (χ2v) is 5.65. The minimum absolute atomic E-state index is 0.220. The number of rotatable bonds is 2. The van der Waals surface area contributed by atoms with Gasteiger partial charge in [-0.3, -0.25) is 4.90 Å². The number of hydrogen-bond donors (Lipinski definition) is 0. The van der Waals surface area contributed by atoms with Gasteiger partial charge in [0.1, 0.15) is 5.82 Å². The first kappa shape index (κ1) is 13.5. The standard InChI is InChI=1S/C16H19FN2O/c17-14-6-5-12(10-18)9-13(14)11-19-7-8-20-16-4-2-1-3-15(16)19/h5-6,9,15-16H,1-4,7-8,11H2/t15-,16-/m0/s1. The van der Waals surface area contributed by atoms with Crippen LogP contribution in [0.2, 0.25) is 0 Å². The third kappa shape index (κ3) is 2.70. The third-order valence-corrected chi connectivity index (χ3v) is 4.40. The van der Waals surface area contributed by atoms with E-state index in [9.17, 15) is 4.39 Å². The molecular weight excluding hydrogens is 255 g/mol. The summed E-state index contributed by atoms with van der Waals surface area (Å²) in [6, 6.07) is 7.08. The average Bonchev–Trinajstić information content (AvgIpc) is 2.50. The third-order valence-electron chi connectivity index (χ3n) is 4.40. The predicted molar refractivity (Wildman–Crippen MR) is 73.5 cm³/mol. The van der Waals surface area contributed by atoms with Gasteiger partial charge >= 0.3 is 0 Å². The number of nitrogens with zero attached hydrogens (tertiary/aromatic N) is 2. The molecule has 0 aromatic heterocycles. The van der Waals surface area contributed by atoms with Crippen molar-refractivity contribution < 1.29 is 9.13 Å². The SMILES string of the molecule is N#Cc1ccc(F)c(CN2CCO[C@H]3CCCC[C@@H]32)c1. The number of ether oxygens (including phenoxy) is 1. The van der Waals surface area contributed by atoms with Gasteiger partial charge in [0.25, 0.3) is 0 Å². The van der Waals surface area contributed by atoms with E-state index in [0.717, 1.165) is 26.0 Å². The summed E-state index contributed by atoms with van der Waals surface area (Å²) in [5.41, 5.74) is 1.14. The highest BCUT2D eigenvalue weighted by Gasteiger charge is 2.34. The Morgan fingerprint density at radius 1 is 1.35 bits per heavy atom. The molecular formula is C16H19FN2O. The van der Waals surface area contributed by atoms with Gasteiger partial charge in [-0.05, 0) is 31.0 Å². The molecule has 0 bridgehead atoms. The molecule has 1 heterocycles. The van der Waals surface area contributed by atoms with Crippen LogP contribution in [0.25, 0.3) is 0 Å². The molecule has 1 aliphatic heterocycles. The van der Waals surface area contributed by atoms with Crippen molar-refractivity contribution in [3.05, 3.63) is 35.1 Å². The van der Waals surface area contributed by atoms with Crippen LogP contribution in [0.15, 0.2) is 18.2 Å². The molecule has 106 valence electrons. The zero-order chi connectivity index (χ0) is 13.9. The average molecular weight is 274 g/mol. The lowest BCUT2D eigenvalue weighted by Crippen LogP contribution is -2.52. The van der Waals surface area contributed by atoms with Crippen molar-refractivity contribution in [3.8, 4) is 6.07 Å².